The van der Waals surface area contributed by atoms with Crippen molar-refractivity contribution in [3.8, 4) is 0 Å². The normalized spacial score (nSPS) is 19.1. The molecule has 0 radical (unpaired) electrons. The number of nitrogens with zero attached hydrogens (tertiary/aromatic N) is 1. The van der Waals surface area contributed by atoms with Crippen LogP contribution >= 0.6 is 0 Å². The molecular weight excluding hydrogens is 348 g/mol. The zero-order chi connectivity index (χ0) is 19.7. The number of nitrogens with one attached hydrogen (secondary N) is 1. The minimum absolute atomic E-state index is 0.0104. The van der Waals surface area contributed by atoms with E-state index in [1.807, 2.05) is 30.3 Å². The predicted molar refractivity (Wildman–Crippen MR) is 98.0 cm³/mol. The van der Waals surface area contributed by atoms with Crippen molar-refractivity contribution in [1.29, 1.82) is 0 Å². The second-order valence-corrected chi connectivity index (χ2v) is 6.78. The third-order valence-corrected chi connectivity index (χ3v) is 5.00. The number of Topliss-reactive ketones (excluding diaryl/α,β-unsaturated/α-hetero) is 1. The van der Waals surface area contributed by atoms with Crippen LogP contribution in [-0.2, 0) is 4.79 Å². The van der Waals surface area contributed by atoms with Crippen LogP contribution in [0.1, 0.15) is 44.8 Å². The van der Waals surface area contributed by atoms with Gasteiger partial charge in [0, 0.05) is 30.3 Å². The summed E-state index contributed by atoms with van der Waals surface area (Å²) in [5.41, 5.74) is 0.770. The van der Waals surface area contributed by atoms with Crippen molar-refractivity contribution in [3.05, 3.63) is 69.1 Å². The van der Waals surface area contributed by atoms with Gasteiger partial charge in [0.05, 0.1) is 5.92 Å². The van der Waals surface area contributed by atoms with E-state index in [1.54, 1.807) is 6.92 Å². The third-order valence-electron chi connectivity index (χ3n) is 5.00. The summed E-state index contributed by atoms with van der Waals surface area (Å²) in [6.45, 7) is 3.16. The van der Waals surface area contributed by atoms with E-state index in [1.165, 1.54) is 17.9 Å². The second-order valence-electron chi connectivity index (χ2n) is 6.78. The molecule has 1 fully saturated rings. The number of likely N-dealkylation sites (tertiary alicyclic amines) is 1. The molecule has 1 aliphatic rings. The van der Waals surface area contributed by atoms with Crippen LogP contribution in [0.5, 0.6) is 0 Å². The fourth-order valence-corrected chi connectivity index (χ4v) is 3.58. The quantitative estimate of drug-likeness (QED) is 0.801. The maximum atomic E-state index is 12.9. The van der Waals surface area contributed by atoms with Gasteiger partial charge in [-0.05, 0) is 25.5 Å². The monoisotopic (exact) mass is 368 g/mol. The average molecular weight is 368 g/mol. The highest BCUT2D eigenvalue weighted by molar-refractivity contribution is 6.00. The first-order valence-electron chi connectivity index (χ1n) is 8.61. The fraction of sp³-hybridized carbons (Fsp3) is 0.300. The van der Waals surface area contributed by atoms with Crippen LogP contribution in [0.4, 0.5) is 0 Å². The van der Waals surface area contributed by atoms with E-state index in [0.29, 0.717) is 5.69 Å². The molecule has 3 rings (SSSR count). The third kappa shape index (κ3) is 3.53. The molecule has 0 unspecified atom stereocenters. The van der Waals surface area contributed by atoms with Crippen LogP contribution < -0.4 is 5.56 Å². The van der Waals surface area contributed by atoms with E-state index in [9.17, 15) is 24.3 Å². The first-order chi connectivity index (χ1) is 12.8. The van der Waals surface area contributed by atoms with Gasteiger partial charge < -0.3 is 15.0 Å². The van der Waals surface area contributed by atoms with Crippen LogP contribution in [0.2, 0.25) is 0 Å². The maximum Gasteiger partial charge on any atom is 0.308 e. The van der Waals surface area contributed by atoms with Gasteiger partial charge in [0.15, 0.2) is 5.78 Å². The number of aromatic nitrogens is 1. The lowest BCUT2D eigenvalue weighted by molar-refractivity contribution is -0.141. The highest BCUT2D eigenvalue weighted by Crippen LogP contribution is 2.33. The van der Waals surface area contributed by atoms with Gasteiger partial charge >= 0.3 is 5.97 Å². The van der Waals surface area contributed by atoms with E-state index < -0.39 is 23.4 Å². The molecule has 2 heterocycles. The summed E-state index contributed by atoms with van der Waals surface area (Å²) >= 11 is 0. The van der Waals surface area contributed by atoms with Crippen molar-refractivity contribution in [3.63, 3.8) is 0 Å². The maximum absolute atomic E-state index is 12.9. The minimum atomic E-state index is -0.985. The summed E-state index contributed by atoms with van der Waals surface area (Å²) in [4.78, 5) is 52.5. The first-order valence-corrected chi connectivity index (χ1v) is 8.61. The first kappa shape index (κ1) is 18.6. The zero-order valence-electron chi connectivity index (χ0n) is 15.1. The molecule has 1 amide bonds. The molecular formula is C20H20N2O5. The van der Waals surface area contributed by atoms with Crippen molar-refractivity contribution in [2.45, 2.75) is 19.8 Å². The molecule has 2 N–H and O–H groups in total. The van der Waals surface area contributed by atoms with Crippen molar-refractivity contribution >= 4 is 17.7 Å². The standard InChI is InChI=1S/C20H20N2O5/c1-11-14(12(2)23)8-15(18(24)21-11)19(25)22-9-16(17(10-22)20(26)27)13-6-4-3-5-7-13/h3-8,16-17H,9-10H2,1-2H3,(H,21,24)(H,26,27)/t16-,17+/m1/s1. The number of pyridine rings is 1. The molecule has 2 atom stereocenters. The van der Waals surface area contributed by atoms with Crippen molar-refractivity contribution in [2.24, 2.45) is 5.92 Å². The summed E-state index contributed by atoms with van der Waals surface area (Å²) < 4.78 is 0. The number of hydrogen-bond acceptors (Lipinski definition) is 4. The average Bonchev–Trinajstić information content (AvgIpc) is 3.07. The number of rotatable bonds is 4. The zero-order valence-corrected chi connectivity index (χ0v) is 15.1. The molecule has 1 aromatic heterocycles. The number of aryl methyl sites for hydroxylation is 1. The van der Waals surface area contributed by atoms with Gasteiger partial charge in [-0.2, -0.15) is 0 Å². The number of carbonyl (C=O) groups is 3. The summed E-state index contributed by atoms with van der Waals surface area (Å²) in [5, 5.41) is 9.57. The number of carboxylic acids is 1. The van der Waals surface area contributed by atoms with Crippen LogP contribution in [0.15, 0.2) is 41.2 Å². The highest BCUT2D eigenvalue weighted by atomic mass is 16.4. The largest absolute Gasteiger partial charge is 0.481 e. The summed E-state index contributed by atoms with van der Waals surface area (Å²) in [6.07, 6.45) is 0. The smallest absolute Gasteiger partial charge is 0.308 e. The number of carbonyl (C=O) groups excluding carboxylic acids is 2. The Morgan fingerprint density at radius 1 is 1.11 bits per heavy atom. The number of aliphatic carboxylic acids is 1. The number of amides is 1. The van der Waals surface area contributed by atoms with E-state index in [0.717, 1.165) is 5.56 Å². The predicted octanol–water partition coefficient (Wildman–Crippen LogP) is 1.83. The number of benzene rings is 1. The molecule has 140 valence electrons. The molecule has 7 nitrogen and oxygen atoms in total. The van der Waals surface area contributed by atoms with Gasteiger partial charge in [0.1, 0.15) is 5.56 Å². The van der Waals surface area contributed by atoms with Crippen molar-refractivity contribution in [2.75, 3.05) is 13.1 Å². The van der Waals surface area contributed by atoms with E-state index >= 15 is 0 Å². The Morgan fingerprint density at radius 2 is 1.78 bits per heavy atom. The lowest BCUT2D eigenvalue weighted by Gasteiger charge is -2.17. The minimum Gasteiger partial charge on any atom is -0.481 e. The lowest BCUT2D eigenvalue weighted by Crippen LogP contribution is -2.34. The summed E-state index contributed by atoms with van der Waals surface area (Å²) in [7, 11) is 0. The SMILES string of the molecule is CC(=O)c1cc(C(=O)N2C[C@H](C(=O)O)[C@@H](c3ccccc3)C2)c(=O)[nH]c1C. The summed E-state index contributed by atoms with van der Waals surface area (Å²) in [6, 6.07) is 10.4. The Hall–Kier alpha value is -3.22. The highest BCUT2D eigenvalue weighted by Gasteiger charge is 2.41. The number of carboxylic acid groups (broad SMARTS) is 1. The second kappa shape index (κ2) is 7.19. The number of aromatic amines is 1. The van der Waals surface area contributed by atoms with Crippen molar-refractivity contribution < 1.29 is 19.5 Å². The Balaban J connectivity index is 1.94. The van der Waals surface area contributed by atoms with Crippen molar-refractivity contribution in [1.82, 2.24) is 9.88 Å². The molecule has 7 heteroatoms. The van der Waals surface area contributed by atoms with E-state index in [-0.39, 0.29) is 35.9 Å². The number of ketones is 1. The molecule has 0 spiro atoms. The Kier molecular flexibility index (Phi) is 4.94. The Labute approximate surface area is 155 Å². The number of H-pyrrole nitrogens is 1. The topological polar surface area (TPSA) is 108 Å². The van der Waals surface area contributed by atoms with E-state index in [4.69, 9.17) is 0 Å². The summed E-state index contributed by atoms with van der Waals surface area (Å²) in [5.74, 6) is -2.92. The van der Waals surface area contributed by atoms with Gasteiger partial charge in [-0.25, -0.2) is 0 Å². The fourth-order valence-electron chi connectivity index (χ4n) is 3.58. The van der Waals surface area contributed by atoms with Gasteiger partial charge in [-0.1, -0.05) is 30.3 Å². The Morgan fingerprint density at radius 3 is 2.37 bits per heavy atom. The van der Waals surface area contributed by atoms with Gasteiger partial charge in [-0.3, -0.25) is 19.2 Å². The van der Waals surface area contributed by atoms with E-state index in [2.05, 4.69) is 4.98 Å². The van der Waals surface area contributed by atoms with Crippen LogP contribution in [0.3, 0.4) is 0 Å². The van der Waals surface area contributed by atoms with Gasteiger partial charge in [0.25, 0.3) is 11.5 Å². The van der Waals surface area contributed by atoms with Gasteiger partial charge in [0.2, 0.25) is 0 Å². The molecule has 2 aromatic rings. The lowest BCUT2D eigenvalue weighted by atomic mass is 9.89. The molecule has 0 aliphatic carbocycles. The molecule has 1 aliphatic heterocycles. The van der Waals surface area contributed by atoms with Crippen LogP contribution in [-0.4, -0.2) is 45.7 Å². The molecule has 0 bridgehead atoms. The molecule has 1 saturated heterocycles. The molecule has 0 saturated carbocycles. The molecule has 1 aromatic carbocycles. The number of hydrogen-bond donors (Lipinski definition) is 2. The van der Waals surface area contributed by atoms with Gasteiger partial charge in [-0.15, -0.1) is 0 Å². The van der Waals surface area contributed by atoms with Crippen LogP contribution in [0.25, 0.3) is 0 Å². The van der Waals surface area contributed by atoms with Crippen LogP contribution in [0, 0.1) is 12.8 Å². The Bertz CT molecular complexity index is 964. The molecule has 27 heavy (non-hydrogen) atoms.